The van der Waals surface area contributed by atoms with E-state index in [0.29, 0.717) is 25.1 Å². The monoisotopic (exact) mass is 304 g/mol. The highest BCUT2D eigenvalue weighted by molar-refractivity contribution is 5.93. The molecule has 0 spiro atoms. The van der Waals surface area contributed by atoms with Crippen molar-refractivity contribution in [2.45, 2.75) is 45.6 Å². The van der Waals surface area contributed by atoms with E-state index >= 15 is 0 Å². The Balaban J connectivity index is 1.87. The molecule has 0 unspecified atom stereocenters. The van der Waals surface area contributed by atoms with E-state index in [0.717, 1.165) is 42.5 Å². The average Bonchev–Trinajstić information content (AvgIpc) is 2.51. The van der Waals surface area contributed by atoms with Crippen molar-refractivity contribution in [3.8, 4) is 0 Å². The zero-order valence-electron chi connectivity index (χ0n) is 13.9. The molecule has 1 saturated carbocycles. The fraction of sp³-hybridized carbons (Fsp3) is 0.611. The first-order valence-corrected chi connectivity index (χ1v) is 8.18. The molecular formula is C18H28N2O2. The third-order valence-corrected chi connectivity index (χ3v) is 4.84. The molecule has 122 valence electrons. The van der Waals surface area contributed by atoms with Crippen molar-refractivity contribution in [3.63, 3.8) is 0 Å². The van der Waals surface area contributed by atoms with Gasteiger partial charge in [-0.3, -0.25) is 9.69 Å². The fourth-order valence-corrected chi connectivity index (χ4v) is 3.31. The first-order chi connectivity index (χ1) is 10.5. The van der Waals surface area contributed by atoms with Gasteiger partial charge in [0.25, 0.3) is 0 Å². The van der Waals surface area contributed by atoms with Crippen LogP contribution in [0.5, 0.6) is 0 Å². The number of hydrogen-bond donors (Lipinski definition) is 2. The van der Waals surface area contributed by atoms with E-state index in [1.54, 1.807) is 0 Å². The number of carbonyl (C=O) groups is 1. The number of aliphatic hydroxyl groups excluding tert-OH is 1. The molecule has 0 aromatic heterocycles. The predicted molar refractivity (Wildman–Crippen MR) is 90.0 cm³/mol. The van der Waals surface area contributed by atoms with Gasteiger partial charge in [-0.05, 0) is 63.6 Å². The van der Waals surface area contributed by atoms with Crippen LogP contribution in [0.2, 0.25) is 0 Å². The van der Waals surface area contributed by atoms with Crippen LogP contribution in [0, 0.1) is 19.8 Å². The SMILES string of the molecule is Cc1cccc(C)c1NC(=O)CN(C)C1CCC(CO)CC1. The van der Waals surface area contributed by atoms with Gasteiger partial charge in [-0.25, -0.2) is 0 Å². The third-order valence-electron chi connectivity index (χ3n) is 4.84. The average molecular weight is 304 g/mol. The molecule has 0 saturated heterocycles. The lowest BCUT2D eigenvalue weighted by Crippen LogP contribution is -2.40. The first kappa shape index (κ1) is 17.0. The van der Waals surface area contributed by atoms with Gasteiger partial charge in [-0.15, -0.1) is 0 Å². The Morgan fingerprint density at radius 2 is 1.82 bits per heavy atom. The van der Waals surface area contributed by atoms with Crippen LogP contribution in [0.4, 0.5) is 5.69 Å². The molecule has 2 N–H and O–H groups in total. The summed E-state index contributed by atoms with van der Waals surface area (Å²) in [6.07, 6.45) is 4.25. The highest BCUT2D eigenvalue weighted by Gasteiger charge is 2.24. The topological polar surface area (TPSA) is 52.6 Å². The van der Waals surface area contributed by atoms with Crippen LogP contribution in [-0.4, -0.2) is 42.2 Å². The second-order valence-electron chi connectivity index (χ2n) is 6.59. The van der Waals surface area contributed by atoms with E-state index in [-0.39, 0.29) is 5.91 Å². The van der Waals surface area contributed by atoms with Gasteiger partial charge in [0.2, 0.25) is 5.91 Å². The molecule has 0 atom stereocenters. The molecular weight excluding hydrogens is 276 g/mol. The maximum atomic E-state index is 12.3. The Morgan fingerprint density at radius 1 is 1.23 bits per heavy atom. The predicted octanol–water partition coefficient (Wildman–Crippen LogP) is 2.72. The number of aryl methyl sites for hydroxylation is 2. The quantitative estimate of drug-likeness (QED) is 0.879. The molecule has 0 radical (unpaired) electrons. The third kappa shape index (κ3) is 4.31. The van der Waals surface area contributed by atoms with Gasteiger partial charge in [0.1, 0.15) is 0 Å². The smallest absolute Gasteiger partial charge is 0.238 e. The number of amides is 1. The molecule has 1 fully saturated rings. The molecule has 0 aliphatic heterocycles. The van der Waals surface area contributed by atoms with Crippen molar-refractivity contribution >= 4 is 11.6 Å². The summed E-state index contributed by atoms with van der Waals surface area (Å²) >= 11 is 0. The molecule has 1 amide bonds. The van der Waals surface area contributed by atoms with E-state index in [9.17, 15) is 9.90 Å². The van der Waals surface area contributed by atoms with Crippen molar-refractivity contribution in [3.05, 3.63) is 29.3 Å². The van der Waals surface area contributed by atoms with Gasteiger partial charge in [0, 0.05) is 18.3 Å². The summed E-state index contributed by atoms with van der Waals surface area (Å²) in [5.41, 5.74) is 3.13. The Labute approximate surface area is 133 Å². The van der Waals surface area contributed by atoms with Gasteiger partial charge < -0.3 is 10.4 Å². The number of benzene rings is 1. The zero-order valence-corrected chi connectivity index (χ0v) is 13.9. The summed E-state index contributed by atoms with van der Waals surface area (Å²) in [6.45, 7) is 4.75. The number of nitrogens with one attached hydrogen (secondary N) is 1. The molecule has 0 bridgehead atoms. The zero-order chi connectivity index (χ0) is 16.1. The fourth-order valence-electron chi connectivity index (χ4n) is 3.31. The molecule has 4 heteroatoms. The van der Waals surface area contributed by atoms with E-state index in [1.165, 1.54) is 0 Å². The van der Waals surface area contributed by atoms with Crippen LogP contribution in [0.25, 0.3) is 0 Å². The summed E-state index contributed by atoms with van der Waals surface area (Å²) in [5.74, 6) is 0.497. The summed E-state index contributed by atoms with van der Waals surface area (Å²) in [5, 5.41) is 12.2. The number of aliphatic hydroxyl groups is 1. The molecule has 1 aromatic rings. The summed E-state index contributed by atoms with van der Waals surface area (Å²) in [6, 6.07) is 6.49. The number of nitrogens with zero attached hydrogens (tertiary/aromatic N) is 1. The summed E-state index contributed by atoms with van der Waals surface area (Å²) in [7, 11) is 2.02. The van der Waals surface area contributed by atoms with Crippen LogP contribution < -0.4 is 5.32 Å². The van der Waals surface area contributed by atoms with E-state index in [1.807, 2.05) is 39.1 Å². The van der Waals surface area contributed by atoms with Crippen LogP contribution in [0.15, 0.2) is 18.2 Å². The minimum absolute atomic E-state index is 0.0455. The lowest BCUT2D eigenvalue weighted by atomic mass is 9.86. The Bertz CT molecular complexity index is 488. The van der Waals surface area contributed by atoms with Crippen molar-refractivity contribution in [1.82, 2.24) is 4.90 Å². The van der Waals surface area contributed by atoms with Crippen molar-refractivity contribution in [2.75, 3.05) is 25.5 Å². The van der Waals surface area contributed by atoms with Crippen molar-refractivity contribution in [1.29, 1.82) is 0 Å². The molecule has 1 aliphatic rings. The van der Waals surface area contributed by atoms with Gasteiger partial charge in [0.05, 0.1) is 6.54 Å². The molecule has 0 heterocycles. The number of para-hydroxylation sites is 1. The second-order valence-corrected chi connectivity index (χ2v) is 6.59. The van der Waals surface area contributed by atoms with Gasteiger partial charge in [-0.1, -0.05) is 18.2 Å². The van der Waals surface area contributed by atoms with Crippen LogP contribution in [0.1, 0.15) is 36.8 Å². The van der Waals surface area contributed by atoms with Crippen LogP contribution in [-0.2, 0) is 4.79 Å². The highest BCUT2D eigenvalue weighted by Crippen LogP contribution is 2.26. The molecule has 1 aromatic carbocycles. The van der Waals surface area contributed by atoms with E-state index in [4.69, 9.17) is 0 Å². The summed E-state index contributed by atoms with van der Waals surface area (Å²) < 4.78 is 0. The minimum atomic E-state index is 0.0455. The number of carbonyl (C=O) groups excluding carboxylic acids is 1. The number of rotatable bonds is 5. The molecule has 22 heavy (non-hydrogen) atoms. The van der Waals surface area contributed by atoms with Crippen molar-refractivity contribution in [2.24, 2.45) is 5.92 Å². The molecule has 1 aliphatic carbocycles. The van der Waals surface area contributed by atoms with Crippen molar-refractivity contribution < 1.29 is 9.90 Å². The lowest BCUT2D eigenvalue weighted by molar-refractivity contribution is -0.117. The Kier molecular flexibility index (Phi) is 5.98. The largest absolute Gasteiger partial charge is 0.396 e. The Morgan fingerprint density at radius 3 is 2.36 bits per heavy atom. The second kappa shape index (κ2) is 7.75. The molecule has 2 rings (SSSR count). The molecule has 4 nitrogen and oxygen atoms in total. The van der Waals surface area contributed by atoms with Gasteiger partial charge >= 0.3 is 0 Å². The minimum Gasteiger partial charge on any atom is -0.396 e. The first-order valence-electron chi connectivity index (χ1n) is 8.18. The normalized spacial score (nSPS) is 21.9. The van der Waals surface area contributed by atoms with Crippen LogP contribution in [0.3, 0.4) is 0 Å². The van der Waals surface area contributed by atoms with E-state index < -0.39 is 0 Å². The van der Waals surface area contributed by atoms with Gasteiger partial charge in [0.15, 0.2) is 0 Å². The Hall–Kier alpha value is -1.39. The van der Waals surface area contributed by atoms with Crippen LogP contribution >= 0.6 is 0 Å². The number of likely N-dealkylation sites (N-methyl/N-ethyl adjacent to an activating group) is 1. The summed E-state index contributed by atoms with van der Waals surface area (Å²) in [4.78, 5) is 14.4. The maximum absolute atomic E-state index is 12.3. The number of hydrogen-bond acceptors (Lipinski definition) is 3. The lowest BCUT2D eigenvalue weighted by Gasteiger charge is -2.33. The maximum Gasteiger partial charge on any atom is 0.238 e. The number of anilines is 1. The van der Waals surface area contributed by atoms with Gasteiger partial charge in [-0.2, -0.15) is 0 Å². The highest BCUT2D eigenvalue weighted by atomic mass is 16.3. The van der Waals surface area contributed by atoms with E-state index in [2.05, 4.69) is 10.2 Å². The standard InChI is InChI=1S/C18H28N2O2/c1-13-5-4-6-14(2)18(13)19-17(22)11-20(3)16-9-7-15(12-21)8-10-16/h4-6,15-16,21H,7-12H2,1-3H3,(H,19,22).